The summed E-state index contributed by atoms with van der Waals surface area (Å²) in [6, 6.07) is -0.376. The van der Waals surface area contributed by atoms with Gasteiger partial charge in [0.25, 0.3) is 0 Å². The Balaban J connectivity index is 2.40. The first-order chi connectivity index (χ1) is 6.88. The van der Waals surface area contributed by atoms with Crippen LogP contribution in [0.25, 0.3) is 0 Å². The number of Topliss-reactive ketones (excluding diaryl/α,β-unsaturated/α-hetero) is 1. The molecule has 0 aliphatic carbocycles. The molecule has 0 spiro atoms. The fourth-order valence-corrected chi connectivity index (χ4v) is 2.23. The van der Waals surface area contributed by atoms with Crippen molar-refractivity contribution < 1.29 is 14.3 Å². The second-order valence-electron chi connectivity index (χ2n) is 4.49. The molecule has 1 aliphatic heterocycles. The second kappa shape index (κ2) is 4.88. The summed E-state index contributed by atoms with van der Waals surface area (Å²) in [6.45, 7) is 5.39. The molecule has 1 saturated heterocycles. The average Bonchev–Trinajstić information content (AvgIpc) is 2.05. The van der Waals surface area contributed by atoms with Gasteiger partial charge in [0, 0.05) is 17.9 Å². The Morgan fingerprint density at radius 3 is 2.73 bits per heavy atom. The van der Waals surface area contributed by atoms with Gasteiger partial charge in [-0.3, -0.25) is 4.79 Å². The van der Waals surface area contributed by atoms with Crippen molar-refractivity contribution in [2.75, 3.05) is 11.5 Å². The van der Waals surface area contributed by atoms with Crippen LogP contribution in [0.4, 0.5) is 4.79 Å². The standard InChI is InChI=1S/C10H17NO3S/c1-10(2,3)14-9(13)11-7-6-15-5-4-8(7)12/h7H,4-6H2,1-3H3,(H,11,13). The molecule has 0 aromatic heterocycles. The van der Waals surface area contributed by atoms with Crippen molar-refractivity contribution in [3.05, 3.63) is 0 Å². The zero-order valence-electron chi connectivity index (χ0n) is 9.33. The Bertz CT molecular complexity index is 260. The topological polar surface area (TPSA) is 55.4 Å². The molecule has 1 amide bonds. The van der Waals surface area contributed by atoms with Crippen LogP contribution >= 0.6 is 11.8 Å². The predicted octanol–water partition coefficient (Wildman–Crippen LogP) is 1.59. The number of carbonyl (C=O) groups is 2. The number of hydrogen-bond acceptors (Lipinski definition) is 4. The van der Waals surface area contributed by atoms with E-state index in [4.69, 9.17) is 4.74 Å². The highest BCUT2D eigenvalue weighted by Gasteiger charge is 2.26. The van der Waals surface area contributed by atoms with Gasteiger partial charge in [-0.25, -0.2) is 4.79 Å². The largest absolute Gasteiger partial charge is 0.444 e. The van der Waals surface area contributed by atoms with E-state index in [-0.39, 0.29) is 11.8 Å². The molecule has 0 aromatic carbocycles. The van der Waals surface area contributed by atoms with E-state index >= 15 is 0 Å². The first-order valence-corrected chi connectivity index (χ1v) is 6.14. The van der Waals surface area contributed by atoms with Gasteiger partial charge in [-0.1, -0.05) is 0 Å². The Kier molecular flexibility index (Phi) is 4.02. The number of ether oxygens (including phenoxy) is 1. The van der Waals surface area contributed by atoms with Crippen LogP contribution in [0, 0.1) is 0 Å². The summed E-state index contributed by atoms with van der Waals surface area (Å²) < 4.78 is 5.08. The lowest BCUT2D eigenvalue weighted by Gasteiger charge is -2.24. The van der Waals surface area contributed by atoms with Gasteiger partial charge >= 0.3 is 6.09 Å². The molecule has 1 unspecified atom stereocenters. The third kappa shape index (κ3) is 4.55. The van der Waals surface area contributed by atoms with Gasteiger partial charge in [-0.05, 0) is 20.8 Å². The highest BCUT2D eigenvalue weighted by atomic mass is 32.2. The number of hydrogen-bond donors (Lipinski definition) is 1. The average molecular weight is 231 g/mol. The van der Waals surface area contributed by atoms with Crippen LogP contribution in [0.15, 0.2) is 0 Å². The molecule has 5 heteroatoms. The lowest BCUT2D eigenvalue weighted by molar-refractivity contribution is -0.120. The summed E-state index contributed by atoms with van der Waals surface area (Å²) in [7, 11) is 0. The quantitative estimate of drug-likeness (QED) is 0.744. The van der Waals surface area contributed by atoms with Crippen molar-refractivity contribution in [2.45, 2.75) is 38.8 Å². The third-order valence-electron chi connectivity index (χ3n) is 1.86. The van der Waals surface area contributed by atoms with Gasteiger partial charge in [0.15, 0.2) is 5.78 Å². The van der Waals surface area contributed by atoms with Gasteiger partial charge in [0.1, 0.15) is 5.60 Å². The third-order valence-corrected chi connectivity index (χ3v) is 2.92. The zero-order valence-corrected chi connectivity index (χ0v) is 10.1. The monoisotopic (exact) mass is 231 g/mol. The SMILES string of the molecule is CC(C)(C)OC(=O)NC1CSCCC1=O. The molecular weight excluding hydrogens is 214 g/mol. The van der Waals surface area contributed by atoms with Crippen LogP contribution < -0.4 is 5.32 Å². The summed E-state index contributed by atoms with van der Waals surface area (Å²) in [5.41, 5.74) is -0.519. The zero-order chi connectivity index (χ0) is 11.5. The van der Waals surface area contributed by atoms with Crippen LogP contribution in [0.3, 0.4) is 0 Å². The van der Waals surface area contributed by atoms with Crippen LogP contribution in [-0.4, -0.2) is 35.0 Å². The van der Waals surface area contributed by atoms with E-state index < -0.39 is 11.7 Å². The molecule has 1 aliphatic rings. The van der Waals surface area contributed by atoms with E-state index in [1.54, 1.807) is 32.5 Å². The number of nitrogens with one attached hydrogen (secondary N) is 1. The van der Waals surface area contributed by atoms with Crippen molar-refractivity contribution in [1.29, 1.82) is 0 Å². The Morgan fingerprint density at radius 1 is 1.53 bits per heavy atom. The Morgan fingerprint density at radius 2 is 2.20 bits per heavy atom. The van der Waals surface area contributed by atoms with Gasteiger partial charge in [-0.15, -0.1) is 0 Å². The van der Waals surface area contributed by atoms with Crippen LogP contribution in [0.1, 0.15) is 27.2 Å². The van der Waals surface area contributed by atoms with Crippen molar-refractivity contribution in [3.63, 3.8) is 0 Å². The molecule has 0 radical (unpaired) electrons. The summed E-state index contributed by atoms with van der Waals surface area (Å²) in [5.74, 6) is 1.60. The number of alkyl carbamates (subject to hydrolysis) is 1. The van der Waals surface area contributed by atoms with E-state index in [1.807, 2.05) is 0 Å². The summed E-state index contributed by atoms with van der Waals surface area (Å²) in [6.07, 6.45) is 0.0221. The molecule has 1 rings (SSSR count). The van der Waals surface area contributed by atoms with Gasteiger partial charge < -0.3 is 10.1 Å². The first kappa shape index (κ1) is 12.4. The van der Waals surface area contributed by atoms with Gasteiger partial charge in [0.05, 0.1) is 6.04 Å². The van der Waals surface area contributed by atoms with Crippen LogP contribution in [0.2, 0.25) is 0 Å². The van der Waals surface area contributed by atoms with E-state index in [2.05, 4.69) is 5.32 Å². The maximum atomic E-state index is 11.4. The second-order valence-corrected chi connectivity index (χ2v) is 5.64. The van der Waals surface area contributed by atoms with Crippen molar-refractivity contribution in [2.24, 2.45) is 0 Å². The predicted molar refractivity (Wildman–Crippen MR) is 60.1 cm³/mol. The molecule has 4 nitrogen and oxygen atoms in total. The van der Waals surface area contributed by atoms with E-state index in [0.717, 1.165) is 5.75 Å². The fourth-order valence-electron chi connectivity index (χ4n) is 1.21. The van der Waals surface area contributed by atoms with E-state index in [1.165, 1.54) is 0 Å². The smallest absolute Gasteiger partial charge is 0.408 e. The lowest BCUT2D eigenvalue weighted by atomic mass is 10.1. The number of carbonyl (C=O) groups excluding carboxylic acids is 2. The normalized spacial score (nSPS) is 22.3. The molecule has 15 heavy (non-hydrogen) atoms. The molecule has 0 aromatic rings. The van der Waals surface area contributed by atoms with Crippen molar-refractivity contribution in [3.8, 4) is 0 Å². The van der Waals surface area contributed by atoms with E-state index in [9.17, 15) is 9.59 Å². The minimum absolute atomic E-state index is 0.0969. The van der Waals surface area contributed by atoms with Crippen LogP contribution in [-0.2, 0) is 9.53 Å². The Labute approximate surface area is 94.1 Å². The molecule has 0 saturated carbocycles. The van der Waals surface area contributed by atoms with Gasteiger partial charge in [0.2, 0.25) is 0 Å². The minimum Gasteiger partial charge on any atom is -0.444 e. The molecule has 0 bridgehead atoms. The number of rotatable bonds is 1. The van der Waals surface area contributed by atoms with Crippen LogP contribution in [0.5, 0.6) is 0 Å². The lowest BCUT2D eigenvalue weighted by Crippen LogP contribution is -2.46. The number of amides is 1. The number of ketones is 1. The highest BCUT2D eigenvalue weighted by molar-refractivity contribution is 7.99. The maximum Gasteiger partial charge on any atom is 0.408 e. The fraction of sp³-hybridized carbons (Fsp3) is 0.800. The van der Waals surface area contributed by atoms with E-state index in [0.29, 0.717) is 12.2 Å². The summed E-state index contributed by atoms with van der Waals surface area (Å²) in [4.78, 5) is 22.8. The van der Waals surface area contributed by atoms with Crippen molar-refractivity contribution >= 4 is 23.6 Å². The highest BCUT2D eigenvalue weighted by Crippen LogP contribution is 2.15. The molecule has 1 N–H and O–H groups in total. The summed E-state index contributed by atoms with van der Waals surface area (Å²) in [5, 5.41) is 2.59. The molecule has 1 fully saturated rings. The molecular formula is C10H17NO3S. The minimum atomic E-state index is -0.519. The Hall–Kier alpha value is -0.710. The molecule has 1 heterocycles. The van der Waals surface area contributed by atoms with Gasteiger partial charge in [-0.2, -0.15) is 11.8 Å². The summed E-state index contributed by atoms with van der Waals surface area (Å²) >= 11 is 1.68. The van der Waals surface area contributed by atoms with Crippen molar-refractivity contribution in [1.82, 2.24) is 5.32 Å². The first-order valence-electron chi connectivity index (χ1n) is 4.98. The molecule has 86 valence electrons. The maximum absolute atomic E-state index is 11.4. The molecule has 1 atom stereocenters. The number of thioether (sulfide) groups is 1.